The van der Waals surface area contributed by atoms with Gasteiger partial charge in [-0.05, 0) is 55.3 Å². The average molecular weight is 423 g/mol. The summed E-state index contributed by atoms with van der Waals surface area (Å²) in [4.78, 5) is 12.7. The molecule has 1 heterocycles. The highest BCUT2D eigenvalue weighted by molar-refractivity contribution is 6.07. The van der Waals surface area contributed by atoms with Crippen LogP contribution in [0.4, 0.5) is 0 Å². The van der Waals surface area contributed by atoms with Crippen LogP contribution in [0.15, 0.2) is 55.1 Å². The van der Waals surface area contributed by atoms with Crippen LogP contribution in [0.3, 0.4) is 0 Å². The Morgan fingerprint density at radius 2 is 1.97 bits per heavy atom. The van der Waals surface area contributed by atoms with E-state index in [0.717, 1.165) is 25.9 Å². The second-order valence-electron chi connectivity index (χ2n) is 8.17. The lowest BCUT2D eigenvalue weighted by Gasteiger charge is -2.23. The lowest BCUT2D eigenvalue weighted by atomic mass is 9.83. The maximum atomic E-state index is 12.7. The van der Waals surface area contributed by atoms with Crippen molar-refractivity contribution in [1.82, 2.24) is 0 Å². The zero-order chi connectivity index (χ0) is 22.4. The first-order valence-corrected chi connectivity index (χ1v) is 10.5. The van der Waals surface area contributed by atoms with Gasteiger partial charge < -0.3 is 19.3 Å². The van der Waals surface area contributed by atoms with Crippen LogP contribution in [0.25, 0.3) is 6.08 Å². The number of phenols is 1. The summed E-state index contributed by atoms with van der Waals surface area (Å²) in [6, 6.07) is 10.4. The van der Waals surface area contributed by atoms with Gasteiger partial charge in [-0.2, -0.15) is 0 Å². The Labute approximate surface area is 184 Å². The molecule has 0 radical (unpaired) electrons. The van der Waals surface area contributed by atoms with Gasteiger partial charge in [-0.3, -0.25) is 4.79 Å². The summed E-state index contributed by atoms with van der Waals surface area (Å²) in [5.41, 5.74) is 1.54. The largest absolute Gasteiger partial charge is 0.507 e. The van der Waals surface area contributed by atoms with E-state index in [9.17, 15) is 9.90 Å². The molecular formula is C26H30O5. The van der Waals surface area contributed by atoms with Gasteiger partial charge >= 0.3 is 0 Å². The quantitative estimate of drug-likeness (QED) is 0.337. The molecule has 1 aliphatic rings. The molecule has 1 fully saturated rings. The summed E-state index contributed by atoms with van der Waals surface area (Å²) in [7, 11) is 1.53. The number of aromatic hydroxyl groups is 1. The molecule has 0 aromatic heterocycles. The minimum Gasteiger partial charge on any atom is -0.507 e. The van der Waals surface area contributed by atoms with Crippen LogP contribution in [0, 0.1) is 0 Å². The smallest absolute Gasteiger partial charge is 0.199 e. The van der Waals surface area contributed by atoms with E-state index in [2.05, 4.69) is 6.58 Å². The molecule has 164 valence electrons. The lowest BCUT2D eigenvalue weighted by molar-refractivity contribution is -0.105. The minimum atomic E-state index is -0.430. The molecule has 1 unspecified atom stereocenters. The summed E-state index contributed by atoms with van der Waals surface area (Å²) in [6.45, 7) is 8.49. The van der Waals surface area contributed by atoms with Crippen LogP contribution in [0.2, 0.25) is 0 Å². The summed E-state index contributed by atoms with van der Waals surface area (Å²) in [5.74, 6) is 1.16. The highest BCUT2D eigenvalue weighted by atomic mass is 16.7. The van der Waals surface area contributed by atoms with Crippen molar-refractivity contribution >= 4 is 11.9 Å². The molecule has 5 nitrogen and oxygen atoms in total. The maximum Gasteiger partial charge on any atom is 0.199 e. The van der Waals surface area contributed by atoms with E-state index in [-0.39, 0.29) is 17.8 Å². The third-order valence-corrected chi connectivity index (χ3v) is 5.51. The molecule has 0 spiro atoms. The van der Waals surface area contributed by atoms with E-state index < -0.39 is 5.41 Å². The number of ether oxygens (including phenoxy) is 3. The van der Waals surface area contributed by atoms with Gasteiger partial charge in [0.25, 0.3) is 0 Å². The van der Waals surface area contributed by atoms with Gasteiger partial charge in [0.2, 0.25) is 0 Å². The number of methoxy groups -OCH3 is 1. The number of carbonyl (C=O) groups excluding carboxylic acids is 1. The zero-order valence-corrected chi connectivity index (χ0v) is 18.4. The number of ketones is 1. The molecule has 0 amide bonds. The van der Waals surface area contributed by atoms with Gasteiger partial charge in [0.05, 0.1) is 13.7 Å². The van der Waals surface area contributed by atoms with Crippen molar-refractivity contribution in [2.75, 3.05) is 13.7 Å². The SMILES string of the molecule is C=CC(C)(C)c1cc(/C=C/C(=O)c2ccc(OC3CCCCO3)cc2)c(OC)cc1O. The van der Waals surface area contributed by atoms with Crippen molar-refractivity contribution in [2.24, 2.45) is 0 Å². The molecule has 5 heteroatoms. The molecule has 0 saturated carbocycles. The van der Waals surface area contributed by atoms with Crippen LogP contribution in [0.5, 0.6) is 17.2 Å². The molecular weight excluding hydrogens is 392 g/mol. The normalized spacial score (nSPS) is 16.8. The third kappa shape index (κ3) is 5.56. The first-order chi connectivity index (χ1) is 14.8. The van der Waals surface area contributed by atoms with Gasteiger partial charge in [0.1, 0.15) is 17.2 Å². The third-order valence-electron chi connectivity index (χ3n) is 5.51. The fourth-order valence-electron chi connectivity index (χ4n) is 3.43. The Bertz CT molecular complexity index is 951. The molecule has 1 aliphatic heterocycles. The fourth-order valence-corrected chi connectivity index (χ4v) is 3.43. The van der Waals surface area contributed by atoms with Gasteiger partial charge in [0.15, 0.2) is 12.1 Å². The van der Waals surface area contributed by atoms with Crippen molar-refractivity contribution < 1.29 is 24.1 Å². The van der Waals surface area contributed by atoms with Crippen LogP contribution in [-0.4, -0.2) is 30.9 Å². The predicted octanol–water partition coefficient (Wildman–Crippen LogP) is 5.67. The first-order valence-electron chi connectivity index (χ1n) is 10.5. The number of carbonyl (C=O) groups is 1. The van der Waals surface area contributed by atoms with Crippen LogP contribution in [-0.2, 0) is 10.2 Å². The fraction of sp³-hybridized carbons (Fsp3) is 0.346. The first kappa shape index (κ1) is 22.6. The van der Waals surface area contributed by atoms with Crippen molar-refractivity contribution in [2.45, 2.75) is 44.8 Å². The summed E-state index contributed by atoms with van der Waals surface area (Å²) in [5, 5.41) is 10.4. The number of hydrogen-bond donors (Lipinski definition) is 1. The van der Waals surface area contributed by atoms with Crippen molar-refractivity contribution in [3.05, 3.63) is 71.8 Å². The Balaban J connectivity index is 1.75. The molecule has 2 aromatic rings. The average Bonchev–Trinajstić information content (AvgIpc) is 2.78. The van der Waals surface area contributed by atoms with Gasteiger partial charge in [0, 0.05) is 34.6 Å². The Morgan fingerprint density at radius 1 is 1.23 bits per heavy atom. The van der Waals surface area contributed by atoms with E-state index >= 15 is 0 Å². The van der Waals surface area contributed by atoms with Gasteiger partial charge in [-0.15, -0.1) is 6.58 Å². The molecule has 1 atom stereocenters. The van der Waals surface area contributed by atoms with Crippen molar-refractivity contribution in [3.63, 3.8) is 0 Å². The van der Waals surface area contributed by atoms with E-state index in [0.29, 0.717) is 28.2 Å². The second-order valence-corrected chi connectivity index (χ2v) is 8.17. The van der Waals surface area contributed by atoms with Crippen molar-refractivity contribution in [3.8, 4) is 17.2 Å². The molecule has 31 heavy (non-hydrogen) atoms. The second kappa shape index (κ2) is 9.84. The van der Waals surface area contributed by atoms with Crippen molar-refractivity contribution in [1.29, 1.82) is 0 Å². The highest BCUT2D eigenvalue weighted by Gasteiger charge is 2.22. The monoisotopic (exact) mass is 422 g/mol. The van der Waals surface area contributed by atoms with Crippen LogP contribution < -0.4 is 9.47 Å². The number of phenolic OH excluding ortho intramolecular Hbond substituents is 1. The van der Waals surface area contributed by atoms with Gasteiger partial charge in [-0.1, -0.05) is 19.9 Å². The maximum absolute atomic E-state index is 12.7. The summed E-state index contributed by atoms with van der Waals surface area (Å²) in [6.07, 6.45) is 7.79. The molecule has 1 N–H and O–H groups in total. The van der Waals surface area contributed by atoms with E-state index in [1.165, 1.54) is 13.2 Å². The lowest BCUT2D eigenvalue weighted by Crippen LogP contribution is -2.24. The molecule has 2 aromatic carbocycles. The topological polar surface area (TPSA) is 65.0 Å². The highest BCUT2D eigenvalue weighted by Crippen LogP contribution is 2.37. The summed E-state index contributed by atoms with van der Waals surface area (Å²) < 4.78 is 16.8. The Kier molecular flexibility index (Phi) is 7.18. The van der Waals surface area contributed by atoms with Crippen LogP contribution >= 0.6 is 0 Å². The molecule has 0 aliphatic carbocycles. The Morgan fingerprint density at radius 3 is 2.58 bits per heavy atom. The number of hydrogen-bond acceptors (Lipinski definition) is 5. The molecule has 3 rings (SSSR count). The Hall–Kier alpha value is -3.05. The molecule has 0 bridgehead atoms. The van der Waals surface area contributed by atoms with Gasteiger partial charge in [-0.25, -0.2) is 0 Å². The van der Waals surface area contributed by atoms with Crippen LogP contribution in [0.1, 0.15) is 54.6 Å². The summed E-state index contributed by atoms with van der Waals surface area (Å²) >= 11 is 0. The number of benzene rings is 2. The van der Waals surface area contributed by atoms with E-state index in [1.807, 2.05) is 19.9 Å². The zero-order valence-electron chi connectivity index (χ0n) is 18.4. The van der Waals surface area contributed by atoms with E-state index in [4.69, 9.17) is 14.2 Å². The van der Waals surface area contributed by atoms with E-state index in [1.54, 1.807) is 42.5 Å². The minimum absolute atomic E-state index is 0.128. The number of allylic oxidation sites excluding steroid dienone is 2. The predicted molar refractivity (Wildman–Crippen MR) is 122 cm³/mol. The standard InChI is InChI=1S/C26H30O5/c1-5-26(2,3)21-16-19(24(29-4)17-23(21)28)11-14-22(27)18-9-12-20(13-10-18)31-25-8-6-7-15-30-25/h5,9-14,16-17,25,28H,1,6-8,15H2,2-4H3/b14-11+. The molecule has 1 saturated heterocycles. The number of rotatable bonds is 8.